The standard InChI is InChI=1S/C18H19Cl2FN4S/c1-11-13(5-2-6-18(21)7-8-18)15(19)25-14(11)16(23-17(20)24-25)22-10-12-4-3-9-26-12/h3-4,9H,2,5-8,10H2,1H3,(H,22,23,24). The Morgan fingerprint density at radius 1 is 1.38 bits per heavy atom. The van der Waals surface area contributed by atoms with E-state index in [-0.39, 0.29) is 5.28 Å². The van der Waals surface area contributed by atoms with Gasteiger partial charge in [-0.25, -0.2) is 8.91 Å². The first-order valence-electron chi connectivity index (χ1n) is 8.65. The highest BCUT2D eigenvalue weighted by Crippen LogP contribution is 2.44. The largest absolute Gasteiger partial charge is 0.363 e. The summed E-state index contributed by atoms with van der Waals surface area (Å²) in [6.45, 7) is 2.66. The number of rotatable bonds is 7. The molecule has 0 unspecified atom stereocenters. The van der Waals surface area contributed by atoms with Gasteiger partial charge in [-0.15, -0.1) is 16.4 Å². The highest BCUT2D eigenvalue weighted by Gasteiger charge is 2.42. The van der Waals surface area contributed by atoms with Gasteiger partial charge in [0.25, 0.3) is 0 Å². The predicted molar refractivity (Wildman–Crippen MR) is 105 cm³/mol. The van der Waals surface area contributed by atoms with E-state index in [1.807, 2.05) is 18.4 Å². The predicted octanol–water partition coefficient (Wildman–Crippen LogP) is 5.84. The third-order valence-corrected chi connectivity index (χ3v) is 6.34. The zero-order valence-corrected chi connectivity index (χ0v) is 16.7. The summed E-state index contributed by atoms with van der Waals surface area (Å²) in [7, 11) is 0. The highest BCUT2D eigenvalue weighted by atomic mass is 35.5. The van der Waals surface area contributed by atoms with Crippen LogP contribution in [0.4, 0.5) is 10.2 Å². The fourth-order valence-corrected chi connectivity index (χ4v) is 4.43. The minimum atomic E-state index is -0.934. The van der Waals surface area contributed by atoms with Crippen LogP contribution in [0.15, 0.2) is 17.5 Å². The molecule has 1 fully saturated rings. The van der Waals surface area contributed by atoms with Gasteiger partial charge in [0.15, 0.2) is 5.82 Å². The van der Waals surface area contributed by atoms with Crippen LogP contribution in [0.5, 0.6) is 0 Å². The van der Waals surface area contributed by atoms with Crippen LogP contribution < -0.4 is 5.32 Å². The second-order valence-corrected chi connectivity index (χ2v) is 8.55. The number of aryl methyl sites for hydroxylation is 1. The molecule has 0 amide bonds. The minimum Gasteiger partial charge on any atom is -0.363 e. The summed E-state index contributed by atoms with van der Waals surface area (Å²) in [5.41, 5.74) is 1.90. The number of aromatic nitrogens is 3. The molecular weight excluding hydrogens is 394 g/mol. The molecular formula is C18H19Cl2FN4S. The summed E-state index contributed by atoms with van der Waals surface area (Å²) in [6.07, 6.45) is 3.46. The number of hydrogen-bond acceptors (Lipinski definition) is 4. The van der Waals surface area contributed by atoms with Crippen LogP contribution in [0, 0.1) is 6.92 Å². The third-order valence-electron chi connectivity index (χ3n) is 4.92. The van der Waals surface area contributed by atoms with Gasteiger partial charge in [0.2, 0.25) is 5.28 Å². The van der Waals surface area contributed by atoms with Crippen molar-refractivity contribution in [2.75, 3.05) is 5.32 Å². The summed E-state index contributed by atoms with van der Waals surface area (Å²) >= 11 is 14.3. The fourth-order valence-electron chi connectivity index (χ4n) is 3.27. The SMILES string of the molecule is Cc1c(CCCC2(F)CC2)c(Cl)n2nc(Cl)nc(NCc3cccs3)c12. The quantitative estimate of drug-likeness (QED) is 0.529. The second kappa shape index (κ2) is 6.98. The number of fused-ring (bicyclic) bond motifs is 1. The van der Waals surface area contributed by atoms with Crippen LogP contribution in [0.25, 0.3) is 5.52 Å². The lowest BCUT2D eigenvalue weighted by Crippen LogP contribution is -2.05. The Kier molecular flexibility index (Phi) is 4.84. The maximum Gasteiger partial charge on any atom is 0.243 e. The molecule has 0 aromatic carbocycles. The van der Waals surface area contributed by atoms with Crippen molar-refractivity contribution in [2.24, 2.45) is 0 Å². The Labute approximate surface area is 165 Å². The van der Waals surface area contributed by atoms with Gasteiger partial charge in [-0.3, -0.25) is 0 Å². The molecule has 138 valence electrons. The van der Waals surface area contributed by atoms with E-state index >= 15 is 0 Å². The van der Waals surface area contributed by atoms with Crippen molar-refractivity contribution >= 4 is 45.9 Å². The van der Waals surface area contributed by atoms with Crippen molar-refractivity contribution in [1.82, 2.24) is 14.6 Å². The first-order chi connectivity index (χ1) is 12.5. The van der Waals surface area contributed by atoms with Gasteiger partial charge in [-0.2, -0.15) is 4.98 Å². The average molecular weight is 413 g/mol. The van der Waals surface area contributed by atoms with Crippen LogP contribution >= 0.6 is 34.5 Å². The average Bonchev–Trinajstić information content (AvgIpc) is 3.04. The van der Waals surface area contributed by atoms with E-state index in [4.69, 9.17) is 23.2 Å². The van der Waals surface area contributed by atoms with Gasteiger partial charge in [-0.05, 0) is 73.2 Å². The fraction of sp³-hybridized carbons (Fsp3) is 0.444. The third kappa shape index (κ3) is 3.55. The molecule has 8 heteroatoms. The number of nitrogens with zero attached hydrogens (tertiary/aromatic N) is 3. The van der Waals surface area contributed by atoms with Gasteiger partial charge in [0.1, 0.15) is 16.3 Å². The van der Waals surface area contributed by atoms with E-state index < -0.39 is 5.67 Å². The molecule has 0 atom stereocenters. The molecule has 3 heterocycles. The molecule has 0 aliphatic heterocycles. The van der Waals surface area contributed by atoms with Crippen molar-refractivity contribution in [3.8, 4) is 0 Å². The first kappa shape index (κ1) is 18.0. The summed E-state index contributed by atoms with van der Waals surface area (Å²) < 4.78 is 15.5. The maximum absolute atomic E-state index is 13.9. The van der Waals surface area contributed by atoms with Crippen molar-refractivity contribution in [3.63, 3.8) is 0 Å². The van der Waals surface area contributed by atoms with Crippen LogP contribution in [-0.2, 0) is 13.0 Å². The van der Waals surface area contributed by atoms with Crippen LogP contribution in [0.2, 0.25) is 10.4 Å². The van der Waals surface area contributed by atoms with Gasteiger partial charge in [0, 0.05) is 4.88 Å². The molecule has 4 rings (SSSR count). The lowest BCUT2D eigenvalue weighted by atomic mass is 10.0. The smallest absolute Gasteiger partial charge is 0.243 e. The van der Waals surface area contributed by atoms with E-state index in [1.165, 1.54) is 4.88 Å². The Hall–Kier alpha value is -1.37. The number of thiophene rings is 1. The molecule has 0 bridgehead atoms. The zero-order valence-electron chi connectivity index (χ0n) is 14.4. The molecule has 0 spiro atoms. The molecule has 4 nitrogen and oxygen atoms in total. The first-order valence-corrected chi connectivity index (χ1v) is 10.3. The number of nitrogens with one attached hydrogen (secondary N) is 1. The number of alkyl halides is 1. The van der Waals surface area contributed by atoms with Crippen molar-refractivity contribution < 1.29 is 4.39 Å². The summed E-state index contributed by atoms with van der Waals surface area (Å²) in [4.78, 5) is 5.55. The lowest BCUT2D eigenvalue weighted by Gasteiger charge is -2.08. The summed E-state index contributed by atoms with van der Waals surface area (Å²) in [6, 6.07) is 4.07. The van der Waals surface area contributed by atoms with E-state index in [9.17, 15) is 4.39 Å². The van der Waals surface area contributed by atoms with Crippen LogP contribution in [0.3, 0.4) is 0 Å². The maximum atomic E-state index is 13.9. The summed E-state index contributed by atoms with van der Waals surface area (Å²) in [5, 5.41) is 10.3. The minimum absolute atomic E-state index is 0.135. The molecule has 1 aliphatic rings. The van der Waals surface area contributed by atoms with E-state index in [2.05, 4.69) is 21.5 Å². The Morgan fingerprint density at radius 2 is 2.19 bits per heavy atom. The summed E-state index contributed by atoms with van der Waals surface area (Å²) in [5.74, 6) is 0.660. The van der Waals surface area contributed by atoms with Gasteiger partial charge >= 0.3 is 0 Å². The Bertz CT molecular complexity index is 935. The molecule has 0 saturated heterocycles. The highest BCUT2D eigenvalue weighted by molar-refractivity contribution is 7.09. The number of anilines is 1. The number of halogens is 3. The Morgan fingerprint density at radius 3 is 2.88 bits per heavy atom. The van der Waals surface area contributed by atoms with Crippen molar-refractivity contribution in [2.45, 2.75) is 51.2 Å². The molecule has 3 aromatic rings. The molecule has 1 saturated carbocycles. The second-order valence-electron chi connectivity index (χ2n) is 6.82. The monoisotopic (exact) mass is 412 g/mol. The lowest BCUT2D eigenvalue weighted by molar-refractivity contribution is 0.284. The number of hydrogen-bond donors (Lipinski definition) is 1. The zero-order chi connectivity index (χ0) is 18.3. The van der Waals surface area contributed by atoms with Crippen molar-refractivity contribution in [1.29, 1.82) is 0 Å². The van der Waals surface area contributed by atoms with Crippen molar-refractivity contribution in [3.05, 3.63) is 44.0 Å². The van der Waals surface area contributed by atoms with Gasteiger partial charge in [-0.1, -0.05) is 17.7 Å². The van der Waals surface area contributed by atoms with Gasteiger partial charge in [0.05, 0.1) is 6.54 Å². The Balaban J connectivity index is 1.62. The van der Waals surface area contributed by atoms with Crippen LogP contribution in [-0.4, -0.2) is 20.3 Å². The van der Waals surface area contributed by atoms with E-state index in [1.54, 1.807) is 15.9 Å². The molecule has 1 aliphatic carbocycles. The van der Waals surface area contributed by atoms with Crippen LogP contribution in [0.1, 0.15) is 41.7 Å². The van der Waals surface area contributed by atoms with E-state index in [0.717, 1.165) is 29.5 Å². The molecule has 3 aromatic heterocycles. The topological polar surface area (TPSA) is 42.2 Å². The normalized spacial score (nSPS) is 15.5. The molecule has 1 N–H and O–H groups in total. The molecule has 26 heavy (non-hydrogen) atoms. The molecule has 0 radical (unpaired) electrons. The van der Waals surface area contributed by atoms with Gasteiger partial charge < -0.3 is 5.32 Å². The van der Waals surface area contributed by atoms with E-state index in [0.29, 0.717) is 36.8 Å².